The van der Waals surface area contributed by atoms with Crippen LogP contribution in [0.4, 0.5) is 5.69 Å². The Kier molecular flexibility index (Phi) is 12.8. The molecule has 4 aromatic rings. The standard InChI is InChI=1S/C39H43Cl2N3O5S/c1-3-49-34-20-18-33(19-21-34)44(50(47,48)35-22-14-28(2)15-23-35)27-38(45)43(26-30-16-17-31(40)25-36(30)41)37(24-29-10-6-4-7-11-29)39(46)42-32-12-8-5-9-13-32/h4,6-7,10-11,14-23,25,32,37H,3,5,8-9,12-13,24,26-27H2,1-2H3,(H,42,46). The van der Waals surface area contributed by atoms with Gasteiger partial charge in [0.2, 0.25) is 11.8 Å². The van der Waals surface area contributed by atoms with E-state index >= 15 is 0 Å². The fourth-order valence-corrected chi connectivity index (χ4v) is 8.06. The van der Waals surface area contributed by atoms with Crippen LogP contribution in [-0.4, -0.2) is 50.4 Å². The highest BCUT2D eigenvalue weighted by atomic mass is 35.5. The molecule has 0 bridgehead atoms. The molecule has 1 unspecified atom stereocenters. The summed E-state index contributed by atoms with van der Waals surface area (Å²) in [5.41, 5.74) is 2.60. The number of carbonyl (C=O) groups is 2. The Bertz CT molecular complexity index is 1850. The number of nitrogens with one attached hydrogen (secondary N) is 1. The molecule has 0 saturated heterocycles. The molecule has 1 aliphatic rings. The van der Waals surface area contributed by atoms with Crippen molar-refractivity contribution in [3.8, 4) is 5.75 Å². The summed E-state index contributed by atoms with van der Waals surface area (Å²) in [5, 5.41) is 3.98. The molecule has 1 atom stereocenters. The van der Waals surface area contributed by atoms with Crippen LogP contribution in [0, 0.1) is 6.92 Å². The number of nitrogens with zero attached hydrogens (tertiary/aromatic N) is 2. The van der Waals surface area contributed by atoms with Crippen molar-refractivity contribution in [2.24, 2.45) is 0 Å². The molecule has 11 heteroatoms. The van der Waals surface area contributed by atoms with Gasteiger partial charge < -0.3 is 15.0 Å². The fourth-order valence-electron chi connectivity index (χ4n) is 6.17. The highest BCUT2D eigenvalue weighted by molar-refractivity contribution is 7.92. The van der Waals surface area contributed by atoms with E-state index in [9.17, 15) is 18.0 Å². The molecule has 50 heavy (non-hydrogen) atoms. The maximum atomic E-state index is 14.8. The summed E-state index contributed by atoms with van der Waals surface area (Å²) in [5.74, 6) is -0.301. The van der Waals surface area contributed by atoms with Gasteiger partial charge >= 0.3 is 0 Å². The number of ether oxygens (including phenoxy) is 1. The molecule has 0 spiro atoms. The van der Waals surface area contributed by atoms with Crippen LogP contribution >= 0.6 is 23.2 Å². The lowest BCUT2D eigenvalue weighted by atomic mass is 9.94. The van der Waals surface area contributed by atoms with E-state index in [0.29, 0.717) is 28.0 Å². The van der Waals surface area contributed by atoms with E-state index in [1.165, 1.54) is 17.0 Å². The quantitative estimate of drug-likeness (QED) is 0.142. The summed E-state index contributed by atoms with van der Waals surface area (Å²) in [7, 11) is -4.24. The van der Waals surface area contributed by atoms with E-state index in [1.54, 1.807) is 54.6 Å². The van der Waals surface area contributed by atoms with Crippen molar-refractivity contribution in [2.75, 3.05) is 17.5 Å². The van der Waals surface area contributed by atoms with Crippen LogP contribution in [0.15, 0.2) is 102 Å². The molecule has 0 heterocycles. The van der Waals surface area contributed by atoms with Crippen molar-refractivity contribution >= 4 is 50.7 Å². The molecule has 8 nitrogen and oxygen atoms in total. The first kappa shape index (κ1) is 37.2. The number of carbonyl (C=O) groups excluding carboxylic acids is 2. The van der Waals surface area contributed by atoms with Crippen molar-refractivity contribution in [1.82, 2.24) is 10.2 Å². The first-order valence-electron chi connectivity index (χ1n) is 16.9. The Morgan fingerprint density at radius 1 is 0.900 bits per heavy atom. The zero-order valence-electron chi connectivity index (χ0n) is 28.4. The fraction of sp³-hybridized carbons (Fsp3) is 0.333. The van der Waals surface area contributed by atoms with E-state index in [4.69, 9.17) is 27.9 Å². The number of rotatable bonds is 14. The van der Waals surface area contributed by atoms with E-state index in [-0.39, 0.29) is 35.5 Å². The number of benzene rings is 4. The minimum Gasteiger partial charge on any atom is -0.494 e. The van der Waals surface area contributed by atoms with Crippen molar-refractivity contribution in [3.05, 3.63) is 124 Å². The first-order chi connectivity index (χ1) is 24.0. The highest BCUT2D eigenvalue weighted by Gasteiger charge is 2.35. The van der Waals surface area contributed by atoms with Crippen LogP contribution in [0.3, 0.4) is 0 Å². The van der Waals surface area contributed by atoms with Gasteiger partial charge in [0, 0.05) is 29.1 Å². The summed E-state index contributed by atoms with van der Waals surface area (Å²) in [4.78, 5) is 30.6. The highest BCUT2D eigenvalue weighted by Crippen LogP contribution is 2.29. The topological polar surface area (TPSA) is 96.0 Å². The number of hydrogen-bond donors (Lipinski definition) is 1. The lowest BCUT2D eigenvalue weighted by molar-refractivity contribution is -0.140. The molecule has 0 radical (unpaired) electrons. The van der Waals surface area contributed by atoms with Crippen molar-refractivity contribution in [1.29, 1.82) is 0 Å². The van der Waals surface area contributed by atoms with Crippen LogP contribution in [-0.2, 0) is 32.6 Å². The lowest BCUT2D eigenvalue weighted by Crippen LogP contribution is -2.55. The third kappa shape index (κ3) is 9.59. The molecule has 0 aliphatic heterocycles. The molecule has 5 rings (SSSR count). The summed E-state index contributed by atoms with van der Waals surface area (Å²) >= 11 is 12.9. The second-order valence-corrected chi connectivity index (χ2v) is 15.3. The molecule has 4 aromatic carbocycles. The number of sulfonamides is 1. The van der Waals surface area contributed by atoms with Gasteiger partial charge in [-0.1, -0.05) is 96.6 Å². The van der Waals surface area contributed by atoms with Crippen LogP contribution < -0.4 is 14.4 Å². The van der Waals surface area contributed by atoms with Gasteiger partial charge in [0.1, 0.15) is 18.3 Å². The summed E-state index contributed by atoms with van der Waals surface area (Å²) in [6.07, 6.45) is 5.10. The Morgan fingerprint density at radius 2 is 1.58 bits per heavy atom. The van der Waals surface area contributed by atoms with E-state index in [1.807, 2.05) is 44.2 Å². The molecule has 0 aromatic heterocycles. The summed E-state index contributed by atoms with van der Waals surface area (Å²) in [6, 6.07) is 26.5. The Morgan fingerprint density at radius 3 is 2.22 bits per heavy atom. The minimum atomic E-state index is -4.24. The van der Waals surface area contributed by atoms with Crippen molar-refractivity contribution in [3.63, 3.8) is 0 Å². The van der Waals surface area contributed by atoms with Crippen LogP contribution in [0.25, 0.3) is 0 Å². The van der Waals surface area contributed by atoms with Crippen LogP contribution in [0.1, 0.15) is 55.7 Å². The van der Waals surface area contributed by atoms with Gasteiger partial charge in [-0.05, 0) is 86.3 Å². The Labute approximate surface area is 305 Å². The zero-order chi connectivity index (χ0) is 35.7. The Hall–Kier alpha value is -4.05. The molecular weight excluding hydrogens is 693 g/mol. The van der Waals surface area contributed by atoms with Crippen LogP contribution in [0.5, 0.6) is 5.75 Å². The average Bonchev–Trinajstić information content (AvgIpc) is 3.11. The predicted molar refractivity (Wildman–Crippen MR) is 199 cm³/mol. The third-order valence-electron chi connectivity index (χ3n) is 8.90. The monoisotopic (exact) mass is 735 g/mol. The maximum Gasteiger partial charge on any atom is 0.264 e. The number of aryl methyl sites for hydroxylation is 1. The summed E-state index contributed by atoms with van der Waals surface area (Å²) in [6.45, 7) is 3.55. The molecule has 1 fully saturated rings. The second kappa shape index (κ2) is 17.2. The van der Waals surface area contributed by atoms with Crippen molar-refractivity contribution in [2.45, 2.75) is 75.9 Å². The molecule has 1 saturated carbocycles. The largest absolute Gasteiger partial charge is 0.494 e. The lowest BCUT2D eigenvalue weighted by Gasteiger charge is -2.35. The van der Waals surface area contributed by atoms with Gasteiger partial charge in [0.15, 0.2) is 0 Å². The SMILES string of the molecule is CCOc1ccc(N(CC(=O)N(Cc2ccc(Cl)cc2Cl)C(Cc2ccccc2)C(=O)NC2CCCCC2)S(=O)(=O)c2ccc(C)cc2)cc1. The number of anilines is 1. The van der Waals surface area contributed by atoms with E-state index < -0.39 is 28.5 Å². The van der Waals surface area contributed by atoms with Gasteiger partial charge in [-0.3, -0.25) is 13.9 Å². The number of amides is 2. The average molecular weight is 737 g/mol. The molecule has 264 valence electrons. The number of halogens is 2. The van der Waals surface area contributed by atoms with Crippen LogP contribution in [0.2, 0.25) is 10.0 Å². The maximum absolute atomic E-state index is 14.8. The first-order valence-corrected chi connectivity index (χ1v) is 19.1. The van der Waals surface area contributed by atoms with Crippen molar-refractivity contribution < 1.29 is 22.7 Å². The van der Waals surface area contributed by atoms with Gasteiger partial charge in [0.05, 0.1) is 17.2 Å². The van der Waals surface area contributed by atoms with Gasteiger partial charge in [-0.2, -0.15) is 0 Å². The van der Waals surface area contributed by atoms with Gasteiger partial charge in [0.25, 0.3) is 10.0 Å². The number of hydrogen-bond acceptors (Lipinski definition) is 5. The predicted octanol–water partition coefficient (Wildman–Crippen LogP) is 7.98. The Balaban J connectivity index is 1.58. The van der Waals surface area contributed by atoms with E-state index in [2.05, 4.69) is 5.32 Å². The minimum absolute atomic E-state index is 0.00661. The molecular formula is C39H43Cl2N3O5S. The zero-order valence-corrected chi connectivity index (χ0v) is 30.7. The van der Waals surface area contributed by atoms with Gasteiger partial charge in [-0.15, -0.1) is 0 Å². The van der Waals surface area contributed by atoms with E-state index in [0.717, 1.165) is 47.5 Å². The van der Waals surface area contributed by atoms with Gasteiger partial charge in [-0.25, -0.2) is 8.42 Å². The molecule has 1 aliphatic carbocycles. The molecule has 2 amide bonds. The normalized spacial score (nSPS) is 14.1. The second-order valence-electron chi connectivity index (χ2n) is 12.6. The smallest absolute Gasteiger partial charge is 0.264 e. The molecule has 1 N–H and O–H groups in total. The summed E-state index contributed by atoms with van der Waals surface area (Å²) < 4.78 is 35.3. The third-order valence-corrected chi connectivity index (χ3v) is 11.3.